The molecule has 0 aromatic heterocycles. The highest BCUT2D eigenvalue weighted by Crippen LogP contribution is 2.17. The summed E-state index contributed by atoms with van der Waals surface area (Å²) in [6.07, 6.45) is 5.00. The molecule has 15 heavy (non-hydrogen) atoms. The average Bonchev–Trinajstić information content (AvgIpc) is 2.27. The van der Waals surface area contributed by atoms with Crippen LogP contribution >= 0.6 is 0 Å². The fraction of sp³-hybridized carbons (Fsp3) is 0.909. The molecular formula is C11H22N2O2. The van der Waals surface area contributed by atoms with Crippen molar-refractivity contribution in [1.29, 1.82) is 0 Å². The quantitative estimate of drug-likeness (QED) is 0.679. The van der Waals surface area contributed by atoms with Gasteiger partial charge in [-0.2, -0.15) is 0 Å². The number of rotatable bonds is 4. The summed E-state index contributed by atoms with van der Waals surface area (Å²) in [6.45, 7) is 1.99. The lowest BCUT2D eigenvalue weighted by Crippen LogP contribution is -2.46. The predicted molar refractivity (Wildman–Crippen MR) is 59.5 cm³/mol. The van der Waals surface area contributed by atoms with Crippen LogP contribution in [0.15, 0.2) is 0 Å². The van der Waals surface area contributed by atoms with Crippen molar-refractivity contribution in [2.45, 2.75) is 57.2 Å². The van der Waals surface area contributed by atoms with Gasteiger partial charge in [-0.05, 0) is 32.1 Å². The number of carbonyl (C=O) groups is 1. The van der Waals surface area contributed by atoms with Gasteiger partial charge in [-0.1, -0.05) is 6.92 Å². The van der Waals surface area contributed by atoms with E-state index < -0.39 is 0 Å². The molecule has 0 aliphatic heterocycles. The van der Waals surface area contributed by atoms with Gasteiger partial charge in [0.25, 0.3) is 0 Å². The first-order valence-corrected chi connectivity index (χ1v) is 5.76. The number of hydrogen-bond acceptors (Lipinski definition) is 4. The first kappa shape index (κ1) is 12.5. The molecule has 1 rings (SSSR count). The largest absolute Gasteiger partial charge is 0.468 e. The lowest BCUT2D eigenvalue weighted by Gasteiger charge is -2.29. The maximum absolute atomic E-state index is 11.4. The molecule has 1 aliphatic carbocycles. The standard InChI is InChI=1S/C11H22N2O2/c1-3-10(11(14)15-2)13-9-6-4-8(12)5-7-9/h8-10,13H,3-7,12H2,1-2H3. The monoisotopic (exact) mass is 214 g/mol. The average molecular weight is 214 g/mol. The van der Waals surface area contributed by atoms with E-state index >= 15 is 0 Å². The van der Waals surface area contributed by atoms with Gasteiger partial charge in [0, 0.05) is 12.1 Å². The van der Waals surface area contributed by atoms with Crippen molar-refractivity contribution in [3.05, 3.63) is 0 Å². The Morgan fingerprint density at radius 2 is 2.07 bits per heavy atom. The van der Waals surface area contributed by atoms with Gasteiger partial charge in [-0.15, -0.1) is 0 Å². The van der Waals surface area contributed by atoms with Crippen LogP contribution in [0.5, 0.6) is 0 Å². The molecular weight excluding hydrogens is 192 g/mol. The first-order chi connectivity index (χ1) is 7.17. The molecule has 0 aromatic rings. The van der Waals surface area contributed by atoms with E-state index in [1.54, 1.807) is 0 Å². The Morgan fingerprint density at radius 3 is 2.53 bits per heavy atom. The van der Waals surface area contributed by atoms with E-state index in [1.807, 2.05) is 6.92 Å². The molecule has 0 radical (unpaired) electrons. The Labute approximate surface area is 91.5 Å². The Bertz CT molecular complexity index is 201. The van der Waals surface area contributed by atoms with Gasteiger partial charge in [-0.25, -0.2) is 0 Å². The maximum Gasteiger partial charge on any atom is 0.322 e. The third-order valence-corrected chi connectivity index (χ3v) is 3.10. The van der Waals surface area contributed by atoms with Crippen LogP contribution in [0.3, 0.4) is 0 Å². The summed E-state index contributed by atoms with van der Waals surface area (Å²) < 4.78 is 4.74. The SMILES string of the molecule is CCC(NC1CCC(N)CC1)C(=O)OC. The molecule has 0 saturated heterocycles. The normalized spacial score (nSPS) is 28.5. The molecule has 4 nitrogen and oxygen atoms in total. The Kier molecular flexibility index (Phi) is 5.05. The second-order valence-electron chi connectivity index (χ2n) is 4.26. The zero-order chi connectivity index (χ0) is 11.3. The smallest absolute Gasteiger partial charge is 0.322 e. The maximum atomic E-state index is 11.4. The van der Waals surface area contributed by atoms with Gasteiger partial charge in [-0.3, -0.25) is 4.79 Å². The van der Waals surface area contributed by atoms with Crippen molar-refractivity contribution in [3.63, 3.8) is 0 Å². The number of methoxy groups -OCH3 is 1. The van der Waals surface area contributed by atoms with E-state index in [1.165, 1.54) is 7.11 Å². The van der Waals surface area contributed by atoms with Gasteiger partial charge in [0.1, 0.15) is 6.04 Å². The van der Waals surface area contributed by atoms with Crippen molar-refractivity contribution in [2.75, 3.05) is 7.11 Å². The summed E-state index contributed by atoms with van der Waals surface area (Å²) in [4.78, 5) is 11.4. The third kappa shape index (κ3) is 3.80. The topological polar surface area (TPSA) is 64.3 Å². The van der Waals surface area contributed by atoms with Crippen LogP contribution in [-0.4, -0.2) is 31.2 Å². The lowest BCUT2D eigenvalue weighted by molar-refractivity contribution is -0.143. The molecule has 1 unspecified atom stereocenters. The summed E-state index contributed by atoms with van der Waals surface area (Å²) in [5, 5.41) is 3.35. The molecule has 1 fully saturated rings. The number of carbonyl (C=O) groups excluding carboxylic acids is 1. The molecule has 0 spiro atoms. The minimum Gasteiger partial charge on any atom is -0.468 e. The number of esters is 1. The molecule has 0 heterocycles. The van der Waals surface area contributed by atoms with Crippen LogP contribution in [0.4, 0.5) is 0 Å². The number of ether oxygens (including phenoxy) is 1. The fourth-order valence-corrected chi connectivity index (χ4v) is 2.07. The molecule has 0 aromatic carbocycles. The molecule has 1 aliphatic rings. The van der Waals surface area contributed by atoms with E-state index in [4.69, 9.17) is 10.5 Å². The van der Waals surface area contributed by atoms with Gasteiger partial charge in [0.2, 0.25) is 0 Å². The van der Waals surface area contributed by atoms with E-state index in [-0.39, 0.29) is 12.0 Å². The van der Waals surface area contributed by atoms with Gasteiger partial charge >= 0.3 is 5.97 Å². The minimum atomic E-state index is -0.160. The second kappa shape index (κ2) is 6.08. The van der Waals surface area contributed by atoms with Crippen LogP contribution < -0.4 is 11.1 Å². The summed E-state index contributed by atoms with van der Waals surface area (Å²) in [5.74, 6) is -0.160. The van der Waals surface area contributed by atoms with Gasteiger partial charge in [0.15, 0.2) is 0 Å². The zero-order valence-electron chi connectivity index (χ0n) is 9.66. The lowest BCUT2D eigenvalue weighted by atomic mass is 9.91. The predicted octanol–water partition coefficient (Wildman–Crippen LogP) is 0.797. The van der Waals surface area contributed by atoms with Gasteiger partial charge < -0.3 is 15.8 Å². The summed E-state index contributed by atoms with van der Waals surface area (Å²) in [5.41, 5.74) is 5.83. The Morgan fingerprint density at radius 1 is 1.47 bits per heavy atom. The highest BCUT2D eigenvalue weighted by atomic mass is 16.5. The van der Waals surface area contributed by atoms with Crippen LogP contribution in [0, 0.1) is 0 Å². The summed E-state index contributed by atoms with van der Waals surface area (Å²) in [7, 11) is 1.43. The number of nitrogens with two attached hydrogens (primary N) is 1. The molecule has 1 atom stereocenters. The fourth-order valence-electron chi connectivity index (χ4n) is 2.07. The molecule has 0 amide bonds. The number of nitrogens with one attached hydrogen (secondary N) is 1. The van der Waals surface area contributed by atoms with Gasteiger partial charge in [0.05, 0.1) is 7.11 Å². The van der Waals surface area contributed by atoms with E-state index in [0.717, 1.165) is 32.1 Å². The molecule has 88 valence electrons. The highest BCUT2D eigenvalue weighted by molar-refractivity contribution is 5.75. The van der Waals surface area contributed by atoms with E-state index in [9.17, 15) is 4.79 Å². The van der Waals surface area contributed by atoms with Crippen molar-refractivity contribution in [3.8, 4) is 0 Å². The van der Waals surface area contributed by atoms with Crippen molar-refractivity contribution in [1.82, 2.24) is 5.32 Å². The molecule has 0 bridgehead atoms. The van der Waals surface area contributed by atoms with Crippen LogP contribution in [-0.2, 0) is 9.53 Å². The van der Waals surface area contributed by atoms with E-state index in [2.05, 4.69) is 5.32 Å². The van der Waals surface area contributed by atoms with Crippen molar-refractivity contribution < 1.29 is 9.53 Å². The van der Waals surface area contributed by atoms with Crippen LogP contribution in [0.25, 0.3) is 0 Å². The zero-order valence-corrected chi connectivity index (χ0v) is 9.66. The third-order valence-electron chi connectivity index (χ3n) is 3.10. The van der Waals surface area contributed by atoms with Crippen molar-refractivity contribution in [2.24, 2.45) is 5.73 Å². The number of hydrogen-bond donors (Lipinski definition) is 2. The molecule has 1 saturated carbocycles. The summed E-state index contributed by atoms with van der Waals surface area (Å²) in [6, 6.07) is 0.615. The van der Waals surface area contributed by atoms with Crippen molar-refractivity contribution >= 4 is 5.97 Å². The minimum absolute atomic E-state index is 0.158. The first-order valence-electron chi connectivity index (χ1n) is 5.76. The van der Waals surface area contributed by atoms with Crippen LogP contribution in [0.2, 0.25) is 0 Å². The highest BCUT2D eigenvalue weighted by Gasteiger charge is 2.24. The summed E-state index contributed by atoms with van der Waals surface area (Å²) >= 11 is 0. The second-order valence-corrected chi connectivity index (χ2v) is 4.26. The molecule has 4 heteroatoms. The Balaban J connectivity index is 2.35. The Hall–Kier alpha value is -0.610. The van der Waals surface area contributed by atoms with Crippen LogP contribution in [0.1, 0.15) is 39.0 Å². The van der Waals surface area contributed by atoms with E-state index in [0.29, 0.717) is 12.1 Å². The molecule has 3 N–H and O–H groups in total.